The van der Waals surface area contributed by atoms with Gasteiger partial charge in [0, 0.05) is 16.8 Å². The topological polar surface area (TPSA) is 84.2 Å². The van der Waals surface area contributed by atoms with Crippen molar-refractivity contribution in [1.82, 2.24) is 4.98 Å². The number of nitrogens with zero attached hydrogens (tertiary/aromatic N) is 1. The SMILES string of the molecule is O=C(CSc1ccc(NC(=O)c2ccco2)cc1)Nc1ccccn1. The third-order valence-electron chi connectivity index (χ3n) is 3.16. The summed E-state index contributed by atoms with van der Waals surface area (Å²) >= 11 is 1.40. The van der Waals surface area contributed by atoms with Crippen LogP contribution >= 0.6 is 11.8 Å². The van der Waals surface area contributed by atoms with Crippen LogP contribution in [0, 0.1) is 0 Å². The van der Waals surface area contributed by atoms with Crippen molar-refractivity contribution < 1.29 is 14.0 Å². The smallest absolute Gasteiger partial charge is 0.291 e. The Bertz CT molecular complexity index is 834. The van der Waals surface area contributed by atoms with Gasteiger partial charge in [-0.2, -0.15) is 0 Å². The fourth-order valence-corrected chi connectivity index (χ4v) is 2.70. The van der Waals surface area contributed by atoms with E-state index in [0.29, 0.717) is 11.5 Å². The minimum absolute atomic E-state index is 0.126. The van der Waals surface area contributed by atoms with E-state index in [1.54, 1.807) is 42.6 Å². The van der Waals surface area contributed by atoms with Crippen LogP contribution in [0.15, 0.2) is 76.4 Å². The summed E-state index contributed by atoms with van der Waals surface area (Å²) in [6.45, 7) is 0. The molecule has 0 atom stereocenters. The van der Waals surface area contributed by atoms with Gasteiger partial charge in [0.2, 0.25) is 5.91 Å². The van der Waals surface area contributed by atoms with Gasteiger partial charge in [-0.15, -0.1) is 11.8 Å². The summed E-state index contributed by atoms with van der Waals surface area (Å²) in [5.74, 6) is 0.627. The van der Waals surface area contributed by atoms with Crippen molar-refractivity contribution in [2.45, 2.75) is 4.90 Å². The molecule has 0 saturated heterocycles. The number of furan rings is 1. The molecule has 2 aromatic heterocycles. The highest BCUT2D eigenvalue weighted by Crippen LogP contribution is 2.21. The van der Waals surface area contributed by atoms with Crippen LogP contribution in [0.3, 0.4) is 0 Å². The third kappa shape index (κ3) is 4.95. The average Bonchev–Trinajstić information content (AvgIpc) is 3.17. The molecule has 25 heavy (non-hydrogen) atoms. The maximum atomic E-state index is 11.9. The van der Waals surface area contributed by atoms with Crippen molar-refractivity contribution >= 4 is 35.1 Å². The molecule has 3 aromatic rings. The molecule has 0 fully saturated rings. The van der Waals surface area contributed by atoms with E-state index in [9.17, 15) is 9.59 Å². The van der Waals surface area contributed by atoms with Crippen molar-refractivity contribution in [2.24, 2.45) is 0 Å². The maximum absolute atomic E-state index is 11.9. The Labute approximate surface area is 148 Å². The summed E-state index contributed by atoms with van der Waals surface area (Å²) in [7, 11) is 0. The molecule has 1 aromatic carbocycles. The molecule has 0 saturated carbocycles. The van der Waals surface area contributed by atoms with E-state index in [-0.39, 0.29) is 23.3 Å². The molecule has 2 amide bonds. The molecule has 7 heteroatoms. The molecule has 6 nitrogen and oxygen atoms in total. The zero-order valence-corrected chi connectivity index (χ0v) is 14.0. The molecule has 3 rings (SSSR count). The van der Waals surface area contributed by atoms with E-state index in [1.165, 1.54) is 18.0 Å². The van der Waals surface area contributed by atoms with Crippen molar-refractivity contribution in [1.29, 1.82) is 0 Å². The minimum Gasteiger partial charge on any atom is -0.459 e. The standard InChI is InChI=1S/C18H15N3O3S/c22-17(21-16-5-1-2-10-19-16)12-25-14-8-6-13(7-9-14)20-18(23)15-4-3-11-24-15/h1-11H,12H2,(H,20,23)(H,19,21,22). The van der Waals surface area contributed by atoms with E-state index < -0.39 is 0 Å². The van der Waals surface area contributed by atoms with Crippen LogP contribution in [-0.4, -0.2) is 22.6 Å². The van der Waals surface area contributed by atoms with Crippen molar-refractivity contribution in [3.8, 4) is 0 Å². The summed E-state index contributed by atoms with van der Waals surface area (Å²) in [5, 5.41) is 5.47. The fraction of sp³-hybridized carbons (Fsp3) is 0.0556. The first-order valence-corrected chi connectivity index (χ1v) is 8.48. The van der Waals surface area contributed by atoms with Crippen LogP contribution in [0.5, 0.6) is 0 Å². The summed E-state index contributed by atoms with van der Waals surface area (Å²) < 4.78 is 5.04. The second kappa shape index (κ2) is 8.16. The maximum Gasteiger partial charge on any atom is 0.291 e. The molecule has 0 bridgehead atoms. The zero-order valence-electron chi connectivity index (χ0n) is 13.1. The molecule has 0 unspecified atom stereocenters. The number of rotatable bonds is 6. The number of benzene rings is 1. The van der Waals surface area contributed by atoms with Crippen molar-refractivity contribution in [3.63, 3.8) is 0 Å². The molecule has 2 heterocycles. The Morgan fingerprint density at radius 2 is 1.84 bits per heavy atom. The number of amides is 2. The second-order valence-corrected chi connectivity index (χ2v) is 6.06. The normalized spacial score (nSPS) is 10.2. The Balaban J connectivity index is 1.49. The second-order valence-electron chi connectivity index (χ2n) is 5.01. The van der Waals surface area contributed by atoms with E-state index >= 15 is 0 Å². The van der Waals surface area contributed by atoms with Gasteiger partial charge in [-0.25, -0.2) is 4.98 Å². The first-order valence-electron chi connectivity index (χ1n) is 7.49. The Morgan fingerprint density at radius 1 is 1.00 bits per heavy atom. The molecule has 0 aliphatic heterocycles. The largest absolute Gasteiger partial charge is 0.459 e. The predicted molar refractivity (Wildman–Crippen MR) is 96.7 cm³/mol. The van der Waals surface area contributed by atoms with Crippen LogP contribution in [0.2, 0.25) is 0 Å². The Morgan fingerprint density at radius 3 is 2.52 bits per heavy atom. The van der Waals surface area contributed by atoms with E-state index in [4.69, 9.17) is 4.42 Å². The van der Waals surface area contributed by atoms with E-state index in [2.05, 4.69) is 15.6 Å². The van der Waals surface area contributed by atoms with Gasteiger partial charge < -0.3 is 15.1 Å². The van der Waals surface area contributed by atoms with Gasteiger partial charge in [0.15, 0.2) is 5.76 Å². The van der Waals surface area contributed by atoms with Crippen LogP contribution in [0.25, 0.3) is 0 Å². The number of anilines is 2. The number of carbonyl (C=O) groups is 2. The Kier molecular flexibility index (Phi) is 5.48. The summed E-state index contributed by atoms with van der Waals surface area (Å²) in [5.41, 5.74) is 0.656. The van der Waals surface area contributed by atoms with E-state index in [0.717, 1.165) is 4.90 Å². The number of thioether (sulfide) groups is 1. The first kappa shape index (κ1) is 16.8. The van der Waals surface area contributed by atoms with Crippen molar-refractivity contribution in [3.05, 3.63) is 72.8 Å². The summed E-state index contributed by atoms with van der Waals surface area (Å²) in [6.07, 6.45) is 3.07. The van der Waals surface area contributed by atoms with Gasteiger partial charge in [0.25, 0.3) is 5.91 Å². The summed E-state index contributed by atoms with van der Waals surface area (Å²) in [6, 6.07) is 15.8. The number of aromatic nitrogens is 1. The van der Waals surface area contributed by atoms with Gasteiger partial charge in [-0.3, -0.25) is 9.59 Å². The highest BCUT2D eigenvalue weighted by Gasteiger charge is 2.09. The van der Waals surface area contributed by atoms with Gasteiger partial charge in [0.05, 0.1) is 12.0 Å². The lowest BCUT2D eigenvalue weighted by molar-refractivity contribution is -0.113. The number of pyridine rings is 1. The molecule has 2 N–H and O–H groups in total. The molecule has 126 valence electrons. The van der Waals surface area contributed by atoms with Crippen molar-refractivity contribution in [2.75, 3.05) is 16.4 Å². The molecule has 0 radical (unpaired) electrons. The highest BCUT2D eigenvalue weighted by molar-refractivity contribution is 8.00. The van der Waals surface area contributed by atoms with Gasteiger partial charge in [0.1, 0.15) is 5.82 Å². The van der Waals surface area contributed by atoms with E-state index in [1.807, 2.05) is 18.2 Å². The lowest BCUT2D eigenvalue weighted by Gasteiger charge is -2.06. The predicted octanol–water partition coefficient (Wildman–Crippen LogP) is 3.66. The number of carbonyl (C=O) groups excluding carboxylic acids is 2. The monoisotopic (exact) mass is 353 g/mol. The third-order valence-corrected chi connectivity index (χ3v) is 4.17. The fourth-order valence-electron chi connectivity index (χ4n) is 2.00. The lowest BCUT2D eigenvalue weighted by Crippen LogP contribution is -2.14. The number of hydrogen-bond donors (Lipinski definition) is 2. The van der Waals surface area contributed by atoms with Gasteiger partial charge >= 0.3 is 0 Å². The zero-order chi connectivity index (χ0) is 17.5. The highest BCUT2D eigenvalue weighted by atomic mass is 32.2. The summed E-state index contributed by atoms with van der Waals surface area (Å²) in [4.78, 5) is 28.7. The van der Waals surface area contributed by atoms with Gasteiger partial charge in [-0.05, 0) is 48.5 Å². The molecular weight excluding hydrogens is 338 g/mol. The van der Waals surface area contributed by atoms with Crippen LogP contribution in [0.4, 0.5) is 11.5 Å². The quantitative estimate of drug-likeness (QED) is 0.661. The first-order chi connectivity index (χ1) is 12.2. The minimum atomic E-state index is -0.305. The molecule has 0 spiro atoms. The van der Waals surface area contributed by atoms with Crippen LogP contribution in [0.1, 0.15) is 10.6 Å². The Hall–Kier alpha value is -3.06. The molecular formula is C18H15N3O3S. The lowest BCUT2D eigenvalue weighted by atomic mass is 10.3. The van der Waals surface area contributed by atoms with Gasteiger partial charge in [-0.1, -0.05) is 6.07 Å². The van der Waals surface area contributed by atoms with Crippen LogP contribution < -0.4 is 10.6 Å². The molecule has 0 aliphatic rings. The van der Waals surface area contributed by atoms with Crippen LogP contribution in [-0.2, 0) is 4.79 Å². The average molecular weight is 353 g/mol. The number of hydrogen-bond acceptors (Lipinski definition) is 5. The molecule has 0 aliphatic carbocycles. The number of nitrogens with one attached hydrogen (secondary N) is 2.